The van der Waals surface area contributed by atoms with E-state index in [1.165, 1.54) is 6.33 Å². The summed E-state index contributed by atoms with van der Waals surface area (Å²) in [4.78, 5) is 113. The maximum atomic E-state index is 13.9. The minimum atomic E-state index is -1.36. The molecule has 0 aromatic carbocycles. The first-order valence-corrected chi connectivity index (χ1v) is 23.1. The number of hydrogen-bond donors (Lipinski definition) is 19. The number of hydrogen-bond acceptors (Lipinski definition) is 15. The van der Waals surface area contributed by atoms with Crippen LogP contribution < -0.4 is 76.5 Å². The number of nitrogens with zero attached hydrogens (tertiary/aromatic N) is 1. The molecule has 0 aliphatic heterocycles. The Kier molecular flexibility index (Phi) is 29.2. The molecule has 1 heterocycles. The van der Waals surface area contributed by atoms with Gasteiger partial charge in [0.1, 0.15) is 36.3 Å². The van der Waals surface area contributed by atoms with Gasteiger partial charge in [-0.15, -0.1) is 0 Å². The van der Waals surface area contributed by atoms with E-state index in [-0.39, 0.29) is 82.3 Å². The maximum absolute atomic E-state index is 13.9. The molecule has 1 rings (SSSR count). The third-order valence-corrected chi connectivity index (χ3v) is 10.6. The van der Waals surface area contributed by atoms with Crippen molar-refractivity contribution in [1.82, 2.24) is 57.8 Å². The summed E-state index contributed by atoms with van der Waals surface area (Å²) in [5.74, 6) is -8.09. The lowest BCUT2D eigenvalue weighted by Crippen LogP contribution is -2.59. The molecule has 68 heavy (non-hydrogen) atoms. The molecule has 0 unspecified atom stereocenters. The molecule has 0 saturated carbocycles. The van der Waals surface area contributed by atoms with Gasteiger partial charge < -0.3 is 86.6 Å². The van der Waals surface area contributed by atoms with E-state index in [9.17, 15) is 43.5 Å². The van der Waals surface area contributed by atoms with Crippen LogP contribution in [0.2, 0.25) is 0 Å². The van der Waals surface area contributed by atoms with E-state index < -0.39 is 102 Å². The van der Waals surface area contributed by atoms with Crippen molar-refractivity contribution in [3.8, 4) is 0 Å². The number of aliphatic carboxylic acids is 1. The minimum absolute atomic E-state index is 0.0140. The van der Waals surface area contributed by atoms with Gasteiger partial charge in [0, 0.05) is 31.5 Å². The highest BCUT2D eigenvalue weighted by atomic mass is 32.1. The van der Waals surface area contributed by atoms with Gasteiger partial charge in [0.15, 0.2) is 11.9 Å². The van der Waals surface area contributed by atoms with Crippen LogP contribution >= 0.6 is 12.6 Å². The smallest absolute Gasteiger partial charge is 0.326 e. The van der Waals surface area contributed by atoms with Gasteiger partial charge in [0.2, 0.25) is 41.4 Å². The number of nitrogens with two attached hydrogens (primary N) is 5. The number of H-pyrrole nitrogens is 1. The van der Waals surface area contributed by atoms with Gasteiger partial charge in [-0.1, -0.05) is 13.8 Å². The summed E-state index contributed by atoms with van der Waals surface area (Å²) in [6.07, 6.45) is 5.56. The molecule has 0 bridgehead atoms. The monoisotopic (exact) mass is 983 g/mol. The van der Waals surface area contributed by atoms with Crippen molar-refractivity contribution in [2.75, 3.05) is 38.5 Å². The van der Waals surface area contributed by atoms with Crippen molar-refractivity contribution >= 4 is 71.9 Å². The summed E-state index contributed by atoms with van der Waals surface area (Å²) < 4.78 is 0. The summed E-state index contributed by atoms with van der Waals surface area (Å²) in [6.45, 7) is 3.47. The minimum Gasteiger partial charge on any atom is -0.480 e. The van der Waals surface area contributed by atoms with Crippen molar-refractivity contribution in [2.45, 2.75) is 127 Å². The SMILES string of the molecule is CC(C)[C@H](NC(=O)[C@H](CCCNC(=N)N)NC(=O)[C@H](CS)NC(=O)[C@H](CCCCN)NC(=O)[C@H](CCCNC(=N)N)NC(=O)CNC(=O)[C@H](CCCCN)NC(=O)[C@@H](N)Cc1c[nH]cn1)C(=O)O. The molecule has 1 aromatic rings. The van der Waals surface area contributed by atoms with E-state index in [1.807, 2.05) is 0 Å². The van der Waals surface area contributed by atoms with Gasteiger partial charge in [-0.25, -0.2) is 9.78 Å². The van der Waals surface area contributed by atoms with Crippen LogP contribution in [0.4, 0.5) is 0 Å². The molecule has 0 fully saturated rings. The van der Waals surface area contributed by atoms with Crippen molar-refractivity contribution in [2.24, 2.45) is 34.6 Å². The number of unbranched alkanes of at least 4 members (excludes halogenated alkanes) is 2. The number of aromatic amines is 1. The van der Waals surface area contributed by atoms with Gasteiger partial charge >= 0.3 is 5.97 Å². The first-order valence-electron chi connectivity index (χ1n) is 22.5. The van der Waals surface area contributed by atoms with E-state index >= 15 is 0 Å². The van der Waals surface area contributed by atoms with Crippen LogP contribution in [-0.2, 0) is 44.8 Å². The average molecular weight is 983 g/mol. The summed E-state index contributed by atoms with van der Waals surface area (Å²) in [5.41, 5.74) is 28.7. The third kappa shape index (κ3) is 24.5. The fourth-order valence-corrected chi connectivity index (χ4v) is 6.69. The van der Waals surface area contributed by atoms with Crippen LogP contribution in [0.5, 0.6) is 0 Å². The lowest BCUT2D eigenvalue weighted by Gasteiger charge is -2.27. The van der Waals surface area contributed by atoms with Gasteiger partial charge in [0.25, 0.3) is 0 Å². The number of carbonyl (C=O) groups excluding carboxylic acids is 7. The largest absolute Gasteiger partial charge is 0.480 e. The van der Waals surface area contributed by atoms with E-state index in [4.69, 9.17) is 39.5 Å². The molecule has 384 valence electrons. The summed E-state index contributed by atoms with van der Waals surface area (Å²) in [5, 5.41) is 47.5. The molecular weight excluding hydrogens is 909 g/mol. The predicted molar refractivity (Wildman–Crippen MR) is 255 cm³/mol. The Balaban J connectivity index is 3.23. The molecule has 0 spiro atoms. The van der Waals surface area contributed by atoms with Gasteiger partial charge in [-0.2, -0.15) is 12.6 Å². The van der Waals surface area contributed by atoms with Crippen LogP contribution in [0.25, 0.3) is 0 Å². The zero-order valence-corrected chi connectivity index (χ0v) is 39.7. The fraction of sp³-hybridized carbons (Fsp3) is 0.675. The summed E-state index contributed by atoms with van der Waals surface area (Å²) in [7, 11) is 0. The number of guanidine groups is 2. The Bertz CT molecular complexity index is 1790. The molecule has 23 N–H and O–H groups in total. The highest BCUT2D eigenvalue weighted by molar-refractivity contribution is 7.80. The highest BCUT2D eigenvalue weighted by Gasteiger charge is 2.33. The number of carboxylic acid groups (broad SMARTS) is 1. The van der Waals surface area contributed by atoms with E-state index in [0.717, 1.165) is 0 Å². The molecular formula is C40H74N18O9S. The van der Waals surface area contributed by atoms with Gasteiger partial charge in [0.05, 0.1) is 24.6 Å². The topological polar surface area (TPSA) is 472 Å². The number of aromatic nitrogens is 2. The highest BCUT2D eigenvalue weighted by Crippen LogP contribution is 2.09. The maximum Gasteiger partial charge on any atom is 0.326 e. The van der Waals surface area contributed by atoms with Gasteiger partial charge in [-0.3, -0.25) is 44.4 Å². The number of nitrogens with one attached hydrogen (secondary N) is 12. The lowest BCUT2D eigenvalue weighted by atomic mass is 10.0. The second kappa shape index (κ2) is 33.3. The van der Waals surface area contributed by atoms with Crippen molar-refractivity contribution < 1.29 is 43.5 Å². The molecule has 0 radical (unpaired) electrons. The summed E-state index contributed by atoms with van der Waals surface area (Å²) in [6, 6.07) is -8.60. The number of amides is 7. The van der Waals surface area contributed by atoms with E-state index in [2.05, 4.69) is 70.4 Å². The Labute approximate surface area is 401 Å². The Hall–Kier alpha value is -6.26. The standard InChI is InChI=1S/C40H74N18O9S/c1-22(2)31(38(66)67)58-36(64)28(12-8-16-50-40(46)47)56-37(65)29(20-68)57-35(63)27(10-4-6-14-42)55-34(62)26(11-7-15-49-39(44)45)53-30(59)19-51-33(61)25(9-3-5-13-41)54-32(60)24(43)17-23-18-48-21-52-23/h18,21-22,24-29,31,68H,3-17,19-20,41-43H2,1-2H3,(H,48,52)(H,51,61)(H,53,59)(H,54,60)(H,55,62)(H,56,65)(H,57,63)(H,58,64)(H,66,67)(H4,44,45,49)(H4,46,47,50)/t24-,25-,26-,27-,28-,29-,31-/m0/s1. The van der Waals surface area contributed by atoms with Crippen LogP contribution in [0.15, 0.2) is 12.5 Å². The summed E-state index contributed by atoms with van der Waals surface area (Å²) >= 11 is 4.24. The van der Waals surface area contributed by atoms with Crippen LogP contribution in [0.3, 0.4) is 0 Å². The predicted octanol–water partition coefficient (Wildman–Crippen LogP) is -5.24. The molecule has 1 aromatic heterocycles. The second-order valence-corrected chi connectivity index (χ2v) is 16.6. The zero-order valence-electron chi connectivity index (χ0n) is 38.8. The van der Waals surface area contributed by atoms with Gasteiger partial charge in [-0.05, 0) is 83.2 Å². The second-order valence-electron chi connectivity index (χ2n) is 16.2. The first kappa shape index (κ1) is 59.8. The zero-order chi connectivity index (χ0) is 51.2. The fourth-order valence-electron chi connectivity index (χ4n) is 6.43. The number of carboxylic acids is 1. The molecule has 7 amide bonds. The van der Waals surface area contributed by atoms with Crippen molar-refractivity contribution in [1.29, 1.82) is 10.8 Å². The van der Waals surface area contributed by atoms with Crippen LogP contribution in [0, 0.1) is 16.7 Å². The Morgan fingerprint density at radius 2 is 1.09 bits per heavy atom. The quantitative estimate of drug-likeness (QED) is 0.0131. The van der Waals surface area contributed by atoms with Crippen LogP contribution in [0.1, 0.15) is 83.7 Å². The molecule has 28 heteroatoms. The first-order chi connectivity index (χ1) is 32.2. The van der Waals surface area contributed by atoms with Crippen LogP contribution in [-0.4, -0.2) is 155 Å². The lowest BCUT2D eigenvalue weighted by molar-refractivity contribution is -0.143. The molecule has 0 aliphatic rings. The Morgan fingerprint density at radius 1 is 0.647 bits per heavy atom. The third-order valence-electron chi connectivity index (χ3n) is 10.2. The molecule has 27 nitrogen and oxygen atoms in total. The molecule has 0 aliphatic carbocycles. The number of imidazole rings is 1. The normalized spacial score (nSPS) is 14.0. The van der Waals surface area contributed by atoms with Crippen molar-refractivity contribution in [3.63, 3.8) is 0 Å². The Morgan fingerprint density at radius 3 is 1.53 bits per heavy atom. The number of carbonyl (C=O) groups is 8. The molecule has 7 atom stereocenters. The average Bonchev–Trinajstić information content (AvgIpc) is 3.80. The van der Waals surface area contributed by atoms with E-state index in [1.54, 1.807) is 20.0 Å². The number of thiol groups is 1. The van der Waals surface area contributed by atoms with E-state index in [0.29, 0.717) is 37.9 Å². The number of rotatable bonds is 35. The molecule has 0 saturated heterocycles. The van der Waals surface area contributed by atoms with Crippen molar-refractivity contribution in [3.05, 3.63) is 18.2 Å².